The van der Waals surface area contributed by atoms with Gasteiger partial charge in [-0.2, -0.15) is 0 Å². The van der Waals surface area contributed by atoms with Crippen LogP contribution in [0.5, 0.6) is 0 Å². The predicted octanol–water partition coefficient (Wildman–Crippen LogP) is 1.40. The van der Waals surface area contributed by atoms with E-state index in [2.05, 4.69) is 5.32 Å². The first-order valence-corrected chi connectivity index (χ1v) is 7.71. The van der Waals surface area contributed by atoms with E-state index in [0.717, 1.165) is 0 Å². The SMILES string of the molecule is CC(O)CN(C(=O)NCCn1c(=O)oc2ccccc21)C(C)C. The second kappa shape index (κ2) is 7.32. The number of aromatic nitrogens is 1. The summed E-state index contributed by atoms with van der Waals surface area (Å²) in [6.07, 6.45) is -0.594. The van der Waals surface area contributed by atoms with Gasteiger partial charge in [-0.1, -0.05) is 12.1 Å². The molecule has 0 spiro atoms. The molecule has 126 valence electrons. The molecule has 2 amide bonds. The average molecular weight is 321 g/mol. The van der Waals surface area contributed by atoms with Crippen LogP contribution in [0, 0.1) is 0 Å². The fourth-order valence-corrected chi connectivity index (χ4v) is 2.41. The third kappa shape index (κ3) is 4.13. The van der Waals surface area contributed by atoms with Crippen LogP contribution in [0.2, 0.25) is 0 Å². The summed E-state index contributed by atoms with van der Waals surface area (Å²) >= 11 is 0. The van der Waals surface area contributed by atoms with Crippen molar-refractivity contribution in [1.82, 2.24) is 14.8 Å². The summed E-state index contributed by atoms with van der Waals surface area (Å²) in [4.78, 5) is 25.6. The van der Waals surface area contributed by atoms with Crippen LogP contribution < -0.4 is 11.1 Å². The van der Waals surface area contributed by atoms with Crippen molar-refractivity contribution >= 4 is 17.1 Å². The number of aliphatic hydroxyl groups is 1. The molecular formula is C16H23N3O4. The van der Waals surface area contributed by atoms with Gasteiger partial charge in [0.2, 0.25) is 0 Å². The van der Waals surface area contributed by atoms with Crippen molar-refractivity contribution < 1.29 is 14.3 Å². The number of nitrogens with zero attached hydrogens (tertiary/aromatic N) is 2. The number of urea groups is 1. The van der Waals surface area contributed by atoms with Gasteiger partial charge >= 0.3 is 11.8 Å². The minimum absolute atomic E-state index is 0.0259. The highest BCUT2D eigenvalue weighted by Gasteiger charge is 2.18. The van der Waals surface area contributed by atoms with Gasteiger partial charge in [0.25, 0.3) is 0 Å². The molecule has 0 fully saturated rings. The zero-order valence-electron chi connectivity index (χ0n) is 13.7. The number of oxazole rings is 1. The second-order valence-corrected chi connectivity index (χ2v) is 5.81. The van der Waals surface area contributed by atoms with Crippen molar-refractivity contribution in [3.63, 3.8) is 0 Å². The number of carbonyl (C=O) groups excluding carboxylic acids is 1. The van der Waals surface area contributed by atoms with Crippen LogP contribution in [-0.2, 0) is 6.54 Å². The number of nitrogens with one attached hydrogen (secondary N) is 1. The standard InChI is InChI=1S/C16H23N3O4/c1-11(2)19(10-12(3)20)15(21)17-8-9-18-13-6-4-5-7-14(13)23-16(18)22/h4-7,11-12,20H,8-10H2,1-3H3,(H,17,21). The van der Waals surface area contributed by atoms with Crippen molar-refractivity contribution in [3.05, 3.63) is 34.8 Å². The Bertz CT molecular complexity index is 717. The first-order chi connectivity index (χ1) is 10.9. The second-order valence-electron chi connectivity index (χ2n) is 5.81. The Morgan fingerprint density at radius 1 is 1.35 bits per heavy atom. The number of rotatable bonds is 6. The van der Waals surface area contributed by atoms with Gasteiger partial charge in [0.1, 0.15) is 0 Å². The van der Waals surface area contributed by atoms with E-state index in [9.17, 15) is 14.7 Å². The molecule has 2 aromatic rings. The molecule has 0 radical (unpaired) electrons. The molecular weight excluding hydrogens is 298 g/mol. The van der Waals surface area contributed by atoms with Crippen LogP contribution in [0.25, 0.3) is 11.1 Å². The molecule has 2 rings (SSSR count). The van der Waals surface area contributed by atoms with Gasteiger partial charge in [0, 0.05) is 25.7 Å². The van der Waals surface area contributed by atoms with E-state index in [0.29, 0.717) is 24.2 Å². The van der Waals surface area contributed by atoms with E-state index in [1.165, 1.54) is 4.57 Å². The van der Waals surface area contributed by atoms with Crippen molar-refractivity contribution in [2.45, 2.75) is 39.5 Å². The zero-order chi connectivity index (χ0) is 17.0. The average Bonchev–Trinajstić information content (AvgIpc) is 2.80. The molecule has 1 aromatic heterocycles. The quantitative estimate of drug-likeness (QED) is 0.842. The fraction of sp³-hybridized carbons (Fsp3) is 0.500. The number of benzene rings is 1. The fourth-order valence-electron chi connectivity index (χ4n) is 2.41. The van der Waals surface area contributed by atoms with Crippen molar-refractivity contribution in [2.24, 2.45) is 0 Å². The highest BCUT2D eigenvalue weighted by atomic mass is 16.4. The van der Waals surface area contributed by atoms with Gasteiger partial charge in [-0.15, -0.1) is 0 Å². The van der Waals surface area contributed by atoms with E-state index in [4.69, 9.17) is 4.42 Å². The maximum Gasteiger partial charge on any atom is 0.420 e. The Morgan fingerprint density at radius 3 is 2.70 bits per heavy atom. The van der Waals surface area contributed by atoms with Crippen molar-refractivity contribution in [1.29, 1.82) is 0 Å². The summed E-state index contributed by atoms with van der Waals surface area (Å²) in [5.41, 5.74) is 1.23. The van der Waals surface area contributed by atoms with E-state index < -0.39 is 11.9 Å². The lowest BCUT2D eigenvalue weighted by Crippen LogP contribution is -2.47. The lowest BCUT2D eigenvalue weighted by Gasteiger charge is -2.28. The maximum absolute atomic E-state index is 12.2. The van der Waals surface area contributed by atoms with Crippen LogP contribution in [0.4, 0.5) is 4.79 Å². The number of fused-ring (bicyclic) bond motifs is 1. The topological polar surface area (TPSA) is 87.7 Å². The number of aliphatic hydroxyl groups excluding tert-OH is 1. The van der Waals surface area contributed by atoms with Gasteiger partial charge in [0.05, 0.1) is 11.6 Å². The molecule has 1 aromatic carbocycles. The summed E-state index contributed by atoms with van der Waals surface area (Å²) in [5, 5.41) is 12.2. The Kier molecular flexibility index (Phi) is 5.44. The van der Waals surface area contributed by atoms with Crippen LogP contribution in [0.3, 0.4) is 0 Å². The van der Waals surface area contributed by atoms with Gasteiger partial charge in [-0.05, 0) is 32.9 Å². The zero-order valence-corrected chi connectivity index (χ0v) is 13.7. The molecule has 7 nitrogen and oxygen atoms in total. The van der Waals surface area contributed by atoms with Gasteiger partial charge in [0.15, 0.2) is 5.58 Å². The van der Waals surface area contributed by atoms with Crippen molar-refractivity contribution in [2.75, 3.05) is 13.1 Å². The largest absolute Gasteiger partial charge is 0.420 e. The molecule has 0 saturated carbocycles. The third-order valence-corrected chi connectivity index (χ3v) is 3.53. The van der Waals surface area contributed by atoms with E-state index in [1.54, 1.807) is 30.0 Å². The summed E-state index contributed by atoms with van der Waals surface area (Å²) in [7, 11) is 0. The molecule has 1 unspecified atom stereocenters. The third-order valence-electron chi connectivity index (χ3n) is 3.53. The molecule has 0 aliphatic heterocycles. The number of hydrogen-bond acceptors (Lipinski definition) is 4. The molecule has 0 bridgehead atoms. The van der Waals surface area contributed by atoms with Crippen molar-refractivity contribution in [3.8, 4) is 0 Å². The molecule has 1 heterocycles. The smallest absolute Gasteiger partial charge is 0.408 e. The molecule has 0 saturated heterocycles. The van der Waals surface area contributed by atoms with E-state index in [1.807, 2.05) is 19.9 Å². The predicted molar refractivity (Wildman–Crippen MR) is 87.4 cm³/mol. The van der Waals surface area contributed by atoms with Gasteiger partial charge in [-0.25, -0.2) is 9.59 Å². The van der Waals surface area contributed by atoms with Crippen LogP contribution in [0.15, 0.2) is 33.5 Å². The normalized spacial score (nSPS) is 12.6. The monoisotopic (exact) mass is 321 g/mol. The summed E-state index contributed by atoms with van der Waals surface area (Å²) in [6.45, 7) is 6.29. The van der Waals surface area contributed by atoms with Gasteiger partial charge < -0.3 is 19.7 Å². The van der Waals surface area contributed by atoms with Crippen LogP contribution in [-0.4, -0.2) is 45.8 Å². The lowest BCUT2D eigenvalue weighted by atomic mass is 10.3. The molecule has 0 aliphatic rings. The minimum atomic E-state index is -0.594. The number of amides is 2. The number of hydrogen-bond donors (Lipinski definition) is 2. The molecule has 2 N–H and O–H groups in total. The lowest BCUT2D eigenvalue weighted by molar-refractivity contribution is 0.119. The Morgan fingerprint density at radius 2 is 2.04 bits per heavy atom. The molecule has 1 atom stereocenters. The molecule has 23 heavy (non-hydrogen) atoms. The van der Waals surface area contributed by atoms with E-state index in [-0.39, 0.29) is 18.6 Å². The molecule has 7 heteroatoms. The van der Waals surface area contributed by atoms with Crippen LogP contribution >= 0.6 is 0 Å². The number of para-hydroxylation sites is 2. The Hall–Kier alpha value is -2.28. The first-order valence-electron chi connectivity index (χ1n) is 7.71. The minimum Gasteiger partial charge on any atom is -0.408 e. The highest BCUT2D eigenvalue weighted by molar-refractivity contribution is 5.74. The summed E-state index contributed by atoms with van der Waals surface area (Å²) in [6, 6.07) is 6.87. The van der Waals surface area contributed by atoms with Crippen LogP contribution in [0.1, 0.15) is 20.8 Å². The Labute approximate surface area is 134 Å². The maximum atomic E-state index is 12.2. The van der Waals surface area contributed by atoms with Gasteiger partial charge in [-0.3, -0.25) is 4.57 Å². The van der Waals surface area contributed by atoms with E-state index >= 15 is 0 Å². The first kappa shape index (κ1) is 17.1. The highest BCUT2D eigenvalue weighted by Crippen LogP contribution is 2.11. The Balaban J connectivity index is 1.99. The molecule has 0 aliphatic carbocycles. The summed E-state index contributed by atoms with van der Waals surface area (Å²) < 4.78 is 6.64. The number of carbonyl (C=O) groups is 1. The summed E-state index contributed by atoms with van der Waals surface area (Å²) in [5.74, 6) is -0.440.